The molecule has 0 atom stereocenters. The van der Waals surface area contributed by atoms with Gasteiger partial charge in [0.1, 0.15) is 0 Å². The molecule has 19 heavy (non-hydrogen) atoms. The second kappa shape index (κ2) is 5.99. The number of nitrogens with zero attached hydrogens (tertiary/aromatic N) is 3. The van der Waals surface area contributed by atoms with E-state index >= 15 is 0 Å². The molecule has 0 spiro atoms. The molecule has 0 radical (unpaired) electrons. The lowest BCUT2D eigenvalue weighted by Gasteiger charge is -2.09. The standard InChI is InChI=1S/C11H9Cl2FN4O/c1-2-19-8-4-3-6(5-7(8)14)15-10-9(12)17-18-11(13)16-10/h3-5H,2H2,1H3,(H,15,16,18). The van der Waals surface area contributed by atoms with E-state index in [2.05, 4.69) is 20.5 Å². The van der Waals surface area contributed by atoms with Crippen molar-refractivity contribution in [1.29, 1.82) is 0 Å². The topological polar surface area (TPSA) is 59.9 Å². The van der Waals surface area contributed by atoms with Crippen molar-refractivity contribution in [3.8, 4) is 5.75 Å². The Hall–Kier alpha value is -1.66. The van der Waals surface area contributed by atoms with Gasteiger partial charge in [0.25, 0.3) is 0 Å². The van der Waals surface area contributed by atoms with E-state index in [9.17, 15) is 4.39 Å². The Morgan fingerprint density at radius 3 is 2.79 bits per heavy atom. The van der Waals surface area contributed by atoms with Crippen LogP contribution in [0, 0.1) is 5.82 Å². The number of nitrogens with one attached hydrogen (secondary N) is 1. The summed E-state index contributed by atoms with van der Waals surface area (Å²) in [5.74, 6) is -0.112. The highest BCUT2D eigenvalue weighted by atomic mass is 35.5. The number of ether oxygens (including phenoxy) is 1. The number of benzene rings is 1. The molecule has 8 heteroatoms. The van der Waals surface area contributed by atoms with Crippen LogP contribution in [0.15, 0.2) is 18.2 Å². The number of aromatic nitrogens is 3. The Morgan fingerprint density at radius 1 is 1.32 bits per heavy atom. The first kappa shape index (κ1) is 13.8. The lowest BCUT2D eigenvalue weighted by atomic mass is 10.3. The minimum atomic E-state index is -0.490. The van der Waals surface area contributed by atoms with E-state index in [0.717, 1.165) is 0 Å². The Bertz CT molecular complexity index is 597. The van der Waals surface area contributed by atoms with Crippen molar-refractivity contribution in [2.75, 3.05) is 11.9 Å². The number of anilines is 2. The first-order valence-corrected chi connectivity index (χ1v) is 6.11. The summed E-state index contributed by atoms with van der Waals surface area (Å²) in [4.78, 5) is 3.85. The number of rotatable bonds is 4. The zero-order valence-corrected chi connectivity index (χ0v) is 11.3. The van der Waals surface area contributed by atoms with Crippen LogP contribution in [0.4, 0.5) is 15.9 Å². The zero-order chi connectivity index (χ0) is 13.8. The van der Waals surface area contributed by atoms with Crippen LogP contribution in [0.1, 0.15) is 6.92 Å². The summed E-state index contributed by atoms with van der Waals surface area (Å²) in [6.07, 6.45) is 0. The summed E-state index contributed by atoms with van der Waals surface area (Å²) < 4.78 is 18.7. The average molecular weight is 303 g/mol. The van der Waals surface area contributed by atoms with Crippen LogP contribution in [-0.4, -0.2) is 21.8 Å². The van der Waals surface area contributed by atoms with Gasteiger partial charge in [-0.2, -0.15) is 4.98 Å². The largest absolute Gasteiger partial charge is 0.491 e. The van der Waals surface area contributed by atoms with Gasteiger partial charge in [-0.15, -0.1) is 10.2 Å². The van der Waals surface area contributed by atoms with Gasteiger partial charge < -0.3 is 10.1 Å². The second-order valence-corrected chi connectivity index (χ2v) is 4.12. The summed E-state index contributed by atoms with van der Waals surface area (Å²) in [6.45, 7) is 2.17. The van der Waals surface area contributed by atoms with Crippen LogP contribution in [0.25, 0.3) is 0 Å². The fraction of sp³-hybridized carbons (Fsp3) is 0.182. The Morgan fingerprint density at radius 2 is 2.11 bits per heavy atom. The summed E-state index contributed by atoms with van der Waals surface area (Å²) in [6, 6.07) is 4.39. The third kappa shape index (κ3) is 3.42. The molecule has 0 unspecified atom stereocenters. The maximum absolute atomic E-state index is 13.6. The molecule has 0 aliphatic rings. The van der Waals surface area contributed by atoms with E-state index in [-0.39, 0.29) is 22.0 Å². The van der Waals surface area contributed by atoms with Crippen LogP contribution >= 0.6 is 23.2 Å². The molecule has 0 bridgehead atoms. The van der Waals surface area contributed by atoms with Crippen molar-refractivity contribution in [3.05, 3.63) is 34.5 Å². The molecule has 2 rings (SSSR count). The van der Waals surface area contributed by atoms with E-state index in [4.69, 9.17) is 27.9 Å². The van der Waals surface area contributed by atoms with Gasteiger partial charge in [0.15, 0.2) is 22.5 Å². The summed E-state index contributed by atoms with van der Waals surface area (Å²) in [5.41, 5.74) is 0.444. The predicted molar refractivity (Wildman–Crippen MR) is 70.7 cm³/mol. The van der Waals surface area contributed by atoms with Crippen molar-refractivity contribution in [2.24, 2.45) is 0 Å². The highest BCUT2D eigenvalue weighted by molar-refractivity contribution is 6.32. The molecule has 1 aromatic heterocycles. The third-order valence-corrected chi connectivity index (χ3v) is 2.53. The zero-order valence-electron chi connectivity index (χ0n) is 9.82. The molecule has 0 aliphatic heterocycles. The van der Waals surface area contributed by atoms with Crippen molar-refractivity contribution < 1.29 is 9.13 Å². The first-order valence-electron chi connectivity index (χ1n) is 5.35. The molecule has 100 valence electrons. The molecule has 5 nitrogen and oxygen atoms in total. The minimum absolute atomic E-state index is 0.0405. The molecule has 0 saturated carbocycles. The lowest BCUT2D eigenvalue weighted by Crippen LogP contribution is -2.00. The van der Waals surface area contributed by atoms with E-state index in [1.807, 2.05) is 0 Å². The molecule has 2 aromatic rings. The van der Waals surface area contributed by atoms with Crippen LogP contribution in [0.5, 0.6) is 5.75 Å². The van der Waals surface area contributed by atoms with Crippen LogP contribution in [0.2, 0.25) is 10.4 Å². The summed E-state index contributed by atoms with van der Waals surface area (Å²) >= 11 is 11.4. The van der Waals surface area contributed by atoms with Crippen LogP contribution < -0.4 is 10.1 Å². The quantitative estimate of drug-likeness (QED) is 0.937. The maximum Gasteiger partial charge on any atom is 0.245 e. The van der Waals surface area contributed by atoms with Crippen molar-refractivity contribution >= 4 is 34.7 Å². The second-order valence-electron chi connectivity index (χ2n) is 3.42. The molecule has 0 amide bonds. The van der Waals surface area contributed by atoms with Gasteiger partial charge in [0.2, 0.25) is 5.28 Å². The van der Waals surface area contributed by atoms with E-state index in [1.165, 1.54) is 12.1 Å². The summed E-state index contributed by atoms with van der Waals surface area (Å²) in [5, 5.41) is 9.84. The fourth-order valence-corrected chi connectivity index (χ4v) is 1.61. The van der Waals surface area contributed by atoms with Gasteiger partial charge in [0, 0.05) is 11.8 Å². The number of halogens is 3. The van der Waals surface area contributed by atoms with Gasteiger partial charge in [-0.25, -0.2) is 4.39 Å². The summed E-state index contributed by atoms with van der Waals surface area (Å²) in [7, 11) is 0. The van der Waals surface area contributed by atoms with E-state index < -0.39 is 5.82 Å². The molecule has 0 aliphatic carbocycles. The van der Waals surface area contributed by atoms with E-state index in [0.29, 0.717) is 12.3 Å². The number of hydrogen-bond acceptors (Lipinski definition) is 5. The maximum atomic E-state index is 13.6. The predicted octanol–water partition coefficient (Wildman–Crippen LogP) is 3.46. The highest BCUT2D eigenvalue weighted by Gasteiger charge is 2.09. The molecule has 1 aromatic carbocycles. The lowest BCUT2D eigenvalue weighted by molar-refractivity contribution is 0.321. The fourth-order valence-electron chi connectivity index (χ4n) is 1.36. The molecule has 1 N–H and O–H groups in total. The van der Waals surface area contributed by atoms with E-state index in [1.54, 1.807) is 13.0 Å². The van der Waals surface area contributed by atoms with Gasteiger partial charge in [-0.05, 0) is 30.7 Å². The Kier molecular flexibility index (Phi) is 4.34. The molecule has 0 fully saturated rings. The van der Waals surface area contributed by atoms with Crippen LogP contribution in [-0.2, 0) is 0 Å². The SMILES string of the molecule is CCOc1ccc(Nc2nc(Cl)nnc2Cl)cc1F. The normalized spacial score (nSPS) is 10.3. The first-order chi connectivity index (χ1) is 9.10. The Labute approximate surface area is 118 Å². The van der Waals surface area contributed by atoms with Crippen molar-refractivity contribution in [2.45, 2.75) is 6.92 Å². The Balaban J connectivity index is 2.24. The number of hydrogen-bond donors (Lipinski definition) is 1. The molecule has 1 heterocycles. The monoisotopic (exact) mass is 302 g/mol. The molecular weight excluding hydrogens is 294 g/mol. The van der Waals surface area contributed by atoms with Crippen molar-refractivity contribution in [1.82, 2.24) is 15.2 Å². The molecular formula is C11H9Cl2FN4O. The van der Waals surface area contributed by atoms with Gasteiger partial charge >= 0.3 is 0 Å². The minimum Gasteiger partial charge on any atom is -0.491 e. The highest BCUT2D eigenvalue weighted by Crippen LogP contribution is 2.25. The van der Waals surface area contributed by atoms with Crippen LogP contribution in [0.3, 0.4) is 0 Å². The van der Waals surface area contributed by atoms with Gasteiger partial charge in [0.05, 0.1) is 6.61 Å². The average Bonchev–Trinajstić information content (AvgIpc) is 2.37. The third-order valence-electron chi connectivity index (χ3n) is 2.11. The van der Waals surface area contributed by atoms with Crippen molar-refractivity contribution in [3.63, 3.8) is 0 Å². The smallest absolute Gasteiger partial charge is 0.245 e. The molecule has 0 saturated heterocycles. The van der Waals surface area contributed by atoms with Gasteiger partial charge in [-0.1, -0.05) is 11.6 Å². The van der Waals surface area contributed by atoms with Gasteiger partial charge in [-0.3, -0.25) is 0 Å².